The van der Waals surface area contributed by atoms with Crippen LogP contribution in [0.2, 0.25) is 0 Å². The van der Waals surface area contributed by atoms with E-state index in [1.165, 1.54) is 6.33 Å². The molecule has 0 aliphatic carbocycles. The van der Waals surface area contributed by atoms with Gasteiger partial charge in [-0.2, -0.15) is 0 Å². The van der Waals surface area contributed by atoms with Crippen LogP contribution in [0.15, 0.2) is 24.5 Å². The molecule has 30 heavy (non-hydrogen) atoms. The number of aromatic nitrogens is 2. The molecule has 1 aromatic heterocycles. The number of hydrogen-bond acceptors (Lipinski definition) is 7. The summed E-state index contributed by atoms with van der Waals surface area (Å²) in [6.07, 6.45) is 1.14. The highest BCUT2D eigenvalue weighted by Gasteiger charge is 2.22. The number of carbonyl (C=O) groups excluding carboxylic acids is 1. The van der Waals surface area contributed by atoms with Gasteiger partial charge in [-0.1, -0.05) is 0 Å². The van der Waals surface area contributed by atoms with E-state index < -0.39 is 11.7 Å². The zero-order chi connectivity index (χ0) is 22.3. The minimum Gasteiger partial charge on any atom is -0.491 e. The van der Waals surface area contributed by atoms with E-state index in [0.717, 1.165) is 22.5 Å². The summed E-state index contributed by atoms with van der Waals surface area (Å²) in [6.45, 7) is 10.8. The third-order valence-corrected chi connectivity index (χ3v) is 4.34. The minimum absolute atomic E-state index is 0.283. The second-order valence-electron chi connectivity index (χ2n) is 7.98. The van der Waals surface area contributed by atoms with Crippen molar-refractivity contribution in [2.45, 2.75) is 40.2 Å². The maximum Gasteiger partial charge on any atom is 0.410 e. The molecule has 2 aromatic rings. The van der Waals surface area contributed by atoms with Gasteiger partial charge < -0.3 is 24.8 Å². The van der Waals surface area contributed by atoms with Crippen molar-refractivity contribution in [1.82, 2.24) is 14.9 Å². The summed E-state index contributed by atoms with van der Waals surface area (Å²) in [5, 5.41) is 0. The Morgan fingerprint density at radius 2 is 1.73 bits per heavy atom. The molecule has 0 saturated carbocycles. The van der Waals surface area contributed by atoms with Gasteiger partial charge in [0, 0.05) is 41.9 Å². The molecule has 0 radical (unpaired) electrons. The largest absolute Gasteiger partial charge is 0.491 e. The molecular weight excluding hydrogens is 384 g/mol. The quantitative estimate of drug-likeness (QED) is 0.656. The molecule has 0 saturated heterocycles. The van der Waals surface area contributed by atoms with Crippen LogP contribution in [0.1, 0.15) is 32.2 Å². The summed E-state index contributed by atoms with van der Waals surface area (Å²) in [6, 6.07) is 5.46. The number of hydrogen-bond donors (Lipinski definition) is 1. The van der Waals surface area contributed by atoms with Crippen LogP contribution < -0.4 is 10.5 Å². The smallest absolute Gasteiger partial charge is 0.410 e. The van der Waals surface area contributed by atoms with Crippen LogP contribution in [0.25, 0.3) is 11.1 Å². The van der Waals surface area contributed by atoms with Crippen LogP contribution in [-0.4, -0.2) is 60.0 Å². The van der Waals surface area contributed by atoms with E-state index in [2.05, 4.69) is 9.97 Å². The van der Waals surface area contributed by atoms with Gasteiger partial charge in [-0.15, -0.1) is 0 Å². The van der Waals surface area contributed by atoms with Crippen LogP contribution in [0, 0.1) is 13.8 Å². The number of nitrogens with zero attached hydrogens (tertiary/aromatic N) is 3. The molecule has 1 aromatic carbocycles. The fourth-order valence-electron chi connectivity index (χ4n) is 2.94. The predicted molar refractivity (Wildman–Crippen MR) is 117 cm³/mol. The molecular formula is C22H32N4O4. The molecule has 0 fully saturated rings. The first-order valence-corrected chi connectivity index (χ1v) is 9.90. The van der Waals surface area contributed by atoms with Gasteiger partial charge in [0.05, 0.1) is 13.2 Å². The summed E-state index contributed by atoms with van der Waals surface area (Å²) in [4.78, 5) is 22.7. The van der Waals surface area contributed by atoms with Crippen molar-refractivity contribution in [1.29, 1.82) is 0 Å². The fraction of sp³-hybridized carbons (Fsp3) is 0.500. The highest BCUT2D eigenvalue weighted by molar-refractivity contribution is 5.76. The first-order valence-electron chi connectivity index (χ1n) is 9.90. The lowest BCUT2D eigenvalue weighted by atomic mass is 10.0. The monoisotopic (exact) mass is 416 g/mol. The Bertz CT molecular complexity index is 844. The van der Waals surface area contributed by atoms with E-state index in [-0.39, 0.29) is 6.61 Å². The Morgan fingerprint density at radius 3 is 2.33 bits per heavy atom. The van der Waals surface area contributed by atoms with Crippen molar-refractivity contribution >= 4 is 11.8 Å². The van der Waals surface area contributed by atoms with Gasteiger partial charge in [0.1, 0.15) is 24.3 Å². The SMILES string of the molecule is COCCN(CCOc1ccc(N)cc1-c1c(C)ncnc1C)C(=O)OC(C)(C)C. The second-order valence-corrected chi connectivity index (χ2v) is 7.98. The third-order valence-electron chi connectivity index (χ3n) is 4.34. The van der Waals surface area contributed by atoms with Crippen LogP contribution in [-0.2, 0) is 9.47 Å². The lowest BCUT2D eigenvalue weighted by molar-refractivity contribution is 0.0177. The Morgan fingerprint density at radius 1 is 1.10 bits per heavy atom. The summed E-state index contributed by atoms with van der Waals surface area (Å²) >= 11 is 0. The average Bonchev–Trinajstić information content (AvgIpc) is 2.64. The minimum atomic E-state index is -0.574. The summed E-state index contributed by atoms with van der Waals surface area (Å²) < 4.78 is 16.6. The first kappa shape index (κ1) is 23.4. The van der Waals surface area contributed by atoms with E-state index in [1.807, 2.05) is 46.8 Å². The van der Waals surface area contributed by atoms with Gasteiger partial charge in [-0.3, -0.25) is 0 Å². The zero-order valence-electron chi connectivity index (χ0n) is 18.7. The van der Waals surface area contributed by atoms with Gasteiger partial charge in [-0.05, 0) is 52.8 Å². The Balaban J connectivity index is 2.17. The zero-order valence-corrected chi connectivity index (χ0v) is 18.7. The predicted octanol–water partition coefficient (Wildman–Crippen LogP) is 3.60. The number of nitrogen functional groups attached to an aromatic ring is 1. The highest BCUT2D eigenvalue weighted by atomic mass is 16.6. The average molecular weight is 417 g/mol. The highest BCUT2D eigenvalue weighted by Crippen LogP contribution is 2.34. The number of ether oxygens (including phenoxy) is 3. The molecule has 0 atom stereocenters. The van der Waals surface area contributed by atoms with Gasteiger partial charge in [0.25, 0.3) is 0 Å². The number of aryl methyl sites for hydroxylation is 2. The second kappa shape index (κ2) is 10.2. The van der Waals surface area contributed by atoms with E-state index in [0.29, 0.717) is 31.1 Å². The van der Waals surface area contributed by atoms with Crippen molar-refractivity contribution in [2.24, 2.45) is 0 Å². The van der Waals surface area contributed by atoms with Gasteiger partial charge in [-0.25, -0.2) is 14.8 Å². The Kier molecular flexibility index (Phi) is 8.00. The van der Waals surface area contributed by atoms with Crippen molar-refractivity contribution < 1.29 is 19.0 Å². The van der Waals surface area contributed by atoms with Gasteiger partial charge in [0.2, 0.25) is 0 Å². The molecule has 2 N–H and O–H groups in total. The lowest BCUT2D eigenvalue weighted by Crippen LogP contribution is -2.40. The Labute approximate surface area is 178 Å². The molecule has 2 rings (SSSR count). The number of anilines is 1. The standard InChI is InChI=1S/C22H32N4O4/c1-15-20(16(2)25-14-24-15)18-13-17(23)7-8-19(18)29-12-10-26(9-11-28-6)21(27)30-22(3,4)5/h7-8,13-14H,9-12,23H2,1-6H3. The summed E-state index contributed by atoms with van der Waals surface area (Å²) in [5.74, 6) is 0.654. The molecule has 0 bridgehead atoms. The van der Waals surface area contributed by atoms with Gasteiger partial charge in [0.15, 0.2) is 0 Å². The molecule has 1 heterocycles. The number of carbonyl (C=O) groups is 1. The van der Waals surface area contributed by atoms with Crippen LogP contribution >= 0.6 is 0 Å². The van der Waals surface area contributed by atoms with Crippen molar-refractivity contribution in [3.8, 4) is 16.9 Å². The van der Waals surface area contributed by atoms with Crippen LogP contribution in [0.5, 0.6) is 5.75 Å². The van der Waals surface area contributed by atoms with Crippen LogP contribution in [0.4, 0.5) is 10.5 Å². The molecule has 0 spiro atoms. The number of amides is 1. The van der Waals surface area contributed by atoms with E-state index in [4.69, 9.17) is 19.9 Å². The normalized spacial score (nSPS) is 11.3. The molecule has 1 amide bonds. The number of benzene rings is 1. The van der Waals surface area contributed by atoms with Crippen LogP contribution in [0.3, 0.4) is 0 Å². The molecule has 0 aliphatic rings. The van der Waals surface area contributed by atoms with Crippen molar-refractivity contribution in [2.75, 3.05) is 39.1 Å². The molecule has 0 aliphatic heterocycles. The molecule has 164 valence electrons. The number of nitrogens with two attached hydrogens (primary N) is 1. The van der Waals surface area contributed by atoms with E-state index in [9.17, 15) is 4.79 Å². The van der Waals surface area contributed by atoms with Crippen molar-refractivity contribution in [3.63, 3.8) is 0 Å². The van der Waals surface area contributed by atoms with Crippen molar-refractivity contribution in [3.05, 3.63) is 35.9 Å². The maximum absolute atomic E-state index is 12.5. The molecule has 8 nitrogen and oxygen atoms in total. The summed E-state index contributed by atoms with van der Waals surface area (Å²) in [5.41, 5.74) is 9.46. The Hall–Kier alpha value is -2.87. The van der Waals surface area contributed by atoms with Gasteiger partial charge >= 0.3 is 6.09 Å². The summed E-state index contributed by atoms with van der Waals surface area (Å²) in [7, 11) is 1.59. The molecule has 8 heteroatoms. The lowest BCUT2D eigenvalue weighted by Gasteiger charge is -2.27. The fourth-order valence-corrected chi connectivity index (χ4v) is 2.94. The third kappa shape index (κ3) is 6.59. The van der Waals surface area contributed by atoms with E-state index >= 15 is 0 Å². The van der Waals surface area contributed by atoms with E-state index in [1.54, 1.807) is 18.1 Å². The first-order chi connectivity index (χ1) is 14.1. The number of methoxy groups -OCH3 is 1. The molecule has 0 unspecified atom stereocenters. The maximum atomic E-state index is 12.5. The topological polar surface area (TPSA) is 99.8 Å². The number of rotatable bonds is 8.